The van der Waals surface area contributed by atoms with E-state index in [1.54, 1.807) is 0 Å². The number of phosphoric ester groups is 3. The van der Waals surface area contributed by atoms with Gasteiger partial charge < -0.3 is 56.6 Å². The quantitative estimate of drug-likeness (QED) is 0.0316. The molecule has 0 spiro atoms. The summed E-state index contributed by atoms with van der Waals surface area (Å²) in [7, 11) is -14.3. The molecule has 0 amide bonds. The summed E-state index contributed by atoms with van der Waals surface area (Å²) in [5, 5.41) is 0. The van der Waals surface area contributed by atoms with Crippen molar-refractivity contribution in [3.05, 3.63) is 0 Å². The number of hydrogen-bond donors (Lipinski definition) is 0. The first-order chi connectivity index (χ1) is 30.2. The van der Waals surface area contributed by atoms with Crippen LogP contribution < -0.4 is 29.4 Å². The van der Waals surface area contributed by atoms with Gasteiger partial charge in [-0.2, -0.15) is 0 Å². The molecule has 0 aromatic heterocycles. The van der Waals surface area contributed by atoms with E-state index in [9.17, 15) is 43.1 Å². The van der Waals surface area contributed by atoms with Crippen LogP contribution in [0, 0.1) is 0 Å². The van der Waals surface area contributed by atoms with E-state index < -0.39 is 23.5 Å². The molecule has 0 aliphatic heterocycles. The fourth-order valence-electron chi connectivity index (χ4n) is 7.42. The fraction of sp³-hybridized carbons (Fsp3) is 1.00. The Morgan fingerprint density at radius 3 is 0.446 bits per heavy atom. The minimum atomic E-state index is -4.75. The monoisotopic (exact) mass is 1010 g/mol. The summed E-state index contributed by atoms with van der Waals surface area (Å²) in [4.78, 5) is 61.3. The zero-order valence-corrected chi connectivity index (χ0v) is 47.2. The Kier molecular flexibility index (Phi) is 69.2. The molecule has 384 valence electrons. The maximum atomic E-state index is 10.2. The van der Waals surface area contributed by atoms with Crippen molar-refractivity contribution in [3.8, 4) is 0 Å². The van der Waals surface area contributed by atoms with E-state index in [0.717, 1.165) is 38.5 Å². The molecule has 0 saturated carbocycles. The summed E-state index contributed by atoms with van der Waals surface area (Å²) in [5.74, 6) is 0. The van der Waals surface area contributed by atoms with Gasteiger partial charge in [0.1, 0.15) is 0 Å². The molecule has 65 heavy (non-hydrogen) atoms. The predicted octanol–water partition coefficient (Wildman–Crippen LogP) is 12.2. The second-order valence-electron chi connectivity index (χ2n) is 17.6. The summed E-state index contributed by atoms with van der Waals surface area (Å²) in [6.45, 7) is 6.88. The molecule has 0 fully saturated rings. The topological polar surface area (TPSA) is 217 Å². The SMILES string of the molecule is CCCCCCCCCCCCCCCCOP(=O)([O-])[O-].CCCCCCCCCCCCCCCCOP(=O)([O-])[O-].CCCCCCCCCCCCCCCCOP(=O)([O-])[O-].[Al+3].[Al+3]. The first-order valence-corrected chi connectivity index (χ1v) is 30.6. The number of hydrogen-bond acceptors (Lipinski definition) is 12. The zero-order chi connectivity index (χ0) is 47.4. The first-order valence-electron chi connectivity index (χ1n) is 26.2. The molecule has 0 bridgehead atoms. The van der Waals surface area contributed by atoms with Gasteiger partial charge in [-0.25, -0.2) is 0 Å². The van der Waals surface area contributed by atoms with Crippen molar-refractivity contribution in [1.29, 1.82) is 0 Å². The molecule has 0 rings (SSSR count). The van der Waals surface area contributed by atoms with Gasteiger partial charge in [-0.3, -0.25) is 0 Å². The van der Waals surface area contributed by atoms with Crippen molar-refractivity contribution >= 4 is 58.2 Å². The second-order valence-corrected chi connectivity index (χ2v) is 21.1. The van der Waals surface area contributed by atoms with Crippen molar-refractivity contribution in [3.63, 3.8) is 0 Å². The van der Waals surface area contributed by atoms with Crippen LogP contribution in [0.15, 0.2) is 0 Å². The Morgan fingerprint density at radius 1 is 0.231 bits per heavy atom. The van der Waals surface area contributed by atoms with Crippen LogP contribution in [0.1, 0.15) is 290 Å². The van der Waals surface area contributed by atoms with Gasteiger partial charge in [0.2, 0.25) is 0 Å². The largest absolute Gasteiger partial charge is 3.00 e. The van der Waals surface area contributed by atoms with Gasteiger partial charge in [-0.1, -0.05) is 271 Å². The van der Waals surface area contributed by atoms with Gasteiger partial charge in [0.05, 0.1) is 43.3 Å². The smallest absolute Gasteiger partial charge is 0.790 e. The van der Waals surface area contributed by atoms with Crippen LogP contribution >= 0.6 is 23.5 Å². The molecule has 0 aliphatic carbocycles. The van der Waals surface area contributed by atoms with E-state index in [1.165, 1.54) is 212 Å². The fourth-order valence-corrected chi connectivity index (χ4v) is 8.48. The maximum absolute atomic E-state index is 10.2. The van der Waals surface area contributed by atoms with Crippen LogP contribution in [0.5, 0.6) is 0 Å². The molecule has 0 aromatic rings. The Labute approximate surface area is 422 Å². The zero-order valence-electron chi connectivity index (χ0n) is 42.2. The minimum absolute atomic E-state index is 0. The molecule has 0 aromatic carbocycles. The molecule has 0 atom stereocenters. The van der Waals surface area contributed by atoms with Crippen molar-refractivity contribution in [2.24, 2.45) is 0 Å². The Morgan fingerprint density at radius 2 is 0.338 bits per heavy atom. The predicted molar refractivity (Wildman–Crippen MR) is 263 cm³/mol. The van der Waals surface area contributed by atoms with Gasteiger partial charge in [0, 0.05) is 0 Å². The average Bonchev–Trinajstić information content (AvgIpc) is 3.21. The van der Waals surface area contributed by atoms with Crippen molar-refractivity contribution in [2.45, 2.75) is 290 Å². The van der Waals surface area contributed by atoms with Crippen molar-refractivity contribution in [1.82, 2.24) is 0 Å². The van der Waals surface area contributed by atoms with Gasteiger partial charge >= 0.3 is 34.7 Å². The first kappa shape index (κ1) is 75.3. The standard InChI is InChI=1S/3C16H35O4P.2Al/c3*1-2-3-4-5-6-7-8-9-10-11-12-13-14-15-16-20-21(17,18)19;;/h3*2-16H2,1H3,(H2,17,18,19);;/q;;;2*+3/p-6. The third-order valence-corrected chi connectivity index (χ3v) is 12.7. The molecular formula is C48H99Al2O12P3. The summed E-state index contributed by atoms with van der Waals surface area (Å²) >= 11 is 0. The summed E-state index contributed by atoms with van der Waals surface area (Å²) < 4.78 is 43.2. The molecule has 0 saturated heterocycles. The van der Waals surface area contributed by atoms with Gasteiger partial charge in [0.25, 0.3) is 0 Å². The number of phosphoric acid groups is 3. The van der Waals surface area contributed by atoms with Crippen LogP contribution in [-0.2, 0) is 27.3 Å². The third-order valence-electron chi connectivity index (χ3n) is 11.2. The summed E-state index contributed by atoms with van der Waals surface area (Å²) in [6.07, 6.45) is 52.3. The van der Waals surface area contributed by atoms with Gasteiger partial charge in [-0.05, 0) is 19.3 Å². The van der Waals surface area contributed by atoms with Crippen LogP contribution in [0.3, 0.4) is 0 Å². The molecule has 0 aliphatic rings. The van der Waals surface area contributed by atoms with Crippen molar-refractivity contribution < 1.29 is 56.6 Å². The average molecular weight is 1020 g/mol. The summed E-state index contributed by atoms with van der Waals surface area (Å²) in [6, 6.07) is 0. The van der Waals surface area contributed by atoms with Crippen LogP contribution in [0.2, 0.25) is 0 Å². The van der Waals surface area contributed by atoms with E-state index in [4.69, 9.17) is 0 Å². The number of rotatable bonds is 48. The van der Waals surface area contributed by atoms with Gasteiger partial charge in [-0.15, -0.1) is 0 Å². The molecule has 12 nitrogen and oxygen atoms in total. The van der Waals surface area contributed by atoms with Crippen LogP contribution in [0.25, 0.3) is 0 Å². The third kappa shape index (κ3) is 85.6. The Bertz CT molecular complexity index is 894. The molecule has 0 radical (unpaired) electrons. The van der Waals surface area contributed by atoms with Crippen LogP contribution in [0.4, 0.5) is 0 Å². The van der Waals surface area contributed by atoms with E-state index in [-0.39, 0.29) is 54.5 Å². The molecule has 0 N–H and O–H groups in total. The van der Waals surface area contributed by atoms with E-state index in [2.05, 4.69) is 34.3 Å². The van der Waals surface area contributed by atoms with Crippen LogP contribution in [-0.4, -0.2) is 54.5 Å². The maximum Gasteiger partial charge on any atom is 3.00 e. The van der Waals surface area contributed by atoms with E-state index in [0.29, 0.717) is 19.3 Å². The van der Waals surface area contributed by atoms with E-state index in [1.807, 2.05) is 0 Å². The second kappa shape index (κ2) is 59.7. The van der Waals surface area contributed by atoms with Crippen molar-refractivity contribution in [2.75, 3.05) is 19.8 Å². The Balaban J connectivity index is -0.000000273. The minimum Gasteiger partial charge on any atom is -0.790 e. The van der Waals surface area contributed by atoms with Gasteiger partial charge in [0.15, 0.2) is 0 Å². The summed E-state index contributed by atoms with van der Waals surface area (Å²) in [5.41, 5.74) is 0. The number of unbranched alkanes of at least 4 members (excludes halogenated alkanes) is 39. The molecule has 17 heteroatoms. The normalized spacial score (nSPS) is 11.6. The molecule has 0 heterocycles. The Hall–Kier alpha value is 1.39. The van der Waals surface area contributed by atoms with E-state index >= 15 is 0 Å². The molecule has 0 unspecified atom stereocenters. The molecular weight excluding hydrogens is 915 g/mol.